The molecule has 0 saturated carbocycles. The van der Waals surface area contributed by atoms with Crippen molar-refractivity contribution in [1.29, 1.82) is 0 Å². The van der Waals surface area contributed by atoms with Gasteiger partial charge in [0.25, 0.3) is 0 Å². The van der Waals surface area contributed by atoms with Crippen molar-refractivity contribution >= 4 is 11.9 Å². The van der Waals surface area contributed by atoms with Gasteiger partial charge in [0.15, 0.2) is 0 Å². The van der Waals surface area contributed by atoms with E-state index in [0.29, 0.717) is 48.0 Å². The molecule has 5 rings (SSSR count). The number of rotatable bonds is 7. The molecule has 0 amide bonds. The first-order valence-corrected chi connectivity index (χ1v) is 11.3. The predicted molar refractivity (Wildman–Crippen MR) is 123 cm³/mol. The highest BCUT2D eigenvalue weighted by molar-refractivity contribution is 5.87. The molecular formula is C27H23FO7. The third-order valence-electron chi connectivity index (χ3n) is 6.35. The van der Waals surface area contributed by atoms with Crippen LogP contribution in [0.3, 0.4) is 0 Å². The zero-order valence-electron chi connectivity index (χ0n) is 19.0. The van der Waals surface area contributed by atoms with Gasteiger partial charge in [0.05, 0.1) is 25.7 Å². The van der Waals surface area contributed by atoms with Crippen LogP contribution in [-0.4, -0.2) is 30.8 Å². The summed E-state index contributed by atoms with van der Waals surface area (Å²) in [6.07, 6.45) is 0.900. The van der Waals surface area contributed by atoms with Crippen molar-refractivity contribution in [3.8, 4) is 23.0 Å². The first kappa shape index (κ1) is 22.7. The first-order chi connectivity index (χ1) is 16.9. The molecule has 0 radical (unpaired) electrons. The van der Waals surface area contributed by atoms with Crippen LogP contribution in [0.25, 0.3) is 0 Å². The molecule has 2 unspecified atom stereocenters. The van der Waals surface area contributed by atoms with E-state index < -0.39 is 12.1 Å². The van der Waals surface area contributed by atoms with Gasteiger partial charge in [-0.15, -0.1) is 0 Å². The number of methoxy groups -OCH3 is 1. The number of halogens is 1. The Morgan fingerprint density at radius 3 is 2.60 bits per heavy atom. The Hall–Kier alpha value is -4.07. The summed E-state index contributed by atoms with van der Waals surface area (Å²) in [5.74, 6) is 0.430. The number of fused-ring (bicyclic) bond motifs is 2. The highest BCUT2D eigenvalue weighted by Gasteiger charge is 2.32. The fourth-order valence-corrected chi connectivity index (χ4v) is 4.60. The summed E-state index contributed by atoms with van der Waals surface area (Å²) >= 11 is 0. The number of carboxylic acid groups (broad SMARTS) is 1. The fraction of sp³-hybridized carbons (Fsp3) is 0.259. The standard InChI is InChI=1S/C27H23FO7/c1-32-25(29)12-16-14-33-24-13-18(6-7-19(16)24)35-23-10-8-20-22(11-9-21(28)26(20)23)34-17-4-2-15(3-5-17)27(30)31/h2-7,9,11,13,16,23H,8,10,12,14H2,1H3,(H,30,31). The lowest BCUT2D eigenvalue weighted by molar-refractivity contribution is -0.141. The number of carbonyl (C=O) groups is 2. The van der Waals surface area contributed by atoms with Crippen molar-refractivity contribution < 1.29 is 38.0 Å². The lowest BCUT2D eigenvalue weighted by Crippen LogP contribution is -2.09. The topological polar surface area (TPSA) is 91.3 Å². The van der Waals surface area contributed by atoms with E-state index in [9.17, 15) is 14.0 Å². The Morgan fingerprint density at radius 2 is 1.86 bits per heavy atom. The van der Waals surface area contributed by atoms with Crippen molar-refractivity contribution in [2.24, 2.45) is 0 Å². The number of benzene rings is 3. The van der Waals surface area contributed by atoms with Gasteiger partial charge in [0.2, 0.25) is 0 Å². The number of esters is 1. The van der Waals surface area contributed by atoms with Gasteiger partial charge < -0.3 is 24.1 Å². The lowest BCUT2D eigenvalue weighted by atomic mass is 9.98. The summed E-state index contributed by atoms with van der Waals surface area (Å²) in [4.78, 5) is 22.7. The maximum atomic E-state index is 14.9. The average Bonchev–Trinajstić information content (AvgIpc) is 3.46. The van der Waals surface area contributed by atoms with Gasteiger partial charge >= 0.3 is 11.9 Å². The molecule has 0 spiro atoms. The summed E-state index contributed by atoms with van der Waals surface area (Å²) in [5, 5.41) is 9.06. The van der Waals surface area contributed by atoms with Gasteiger partial charge in [-0.05, 0) is 55.3 Å². The second kappa shape index (κ2) is 9.29. The number of carboxylic acids is 1. The summed E-state index contributed by atoms with van der Waals surface area (Å²) in [6, 6.07) is 14.4. The maximum Gasteiger partial charge on any atom is 0.335 e. The van der Waals surface area contributed by atoms with Crippen molar-refractivity contribution in [3.63, 3.8) is 0 Å². The minimum atomic E-state index is -1.02. The SMILES string of the molecule is COC(=O)CC1COc2cc(OC3CCc4c(Oc5ccc(C(=O)O)cc5)ccc(F)c43)ccc21. The molecule has 1 heterocycles. The third-order valence-corrected chi connectivity index (χ3v) is 6.35. The molecule has 0 fully saturated rings. The molecule has 1 aliphatic heterocycles. The van der Waals surface area contributed by atoms with Crippen LogP contribution in [0.4, 0.5) is 4.39 Å². The monoisotopic (exact) mass is 478 g/mol. The summed E-state index contributed by atoms with van der Waals surface area (Å²) in [5.41, 5.74) is 2.26. The van der Waals surface area contributed by atoms with Crippen LogP contribution < -0.4 is 14.2 Å². The minimum Gasteiger partial charge on any atom is -0.492 e. The molecule has 2 atom stereocenters. The van der Waals surface area contributed by atoms with Crippen LogP contribution in [0.1, 0.15) is 51.9 Å². The molecule has 0 bridgehead atoms. The van der Waals surface area contributed by atoms with E-state index in [1.54, 1.807) is 30.3 Å². The van der Waals surface area contributed by atoms with Crippen molar-refractivity contribution in [2.45, 2.75) is 31.3 Å². The molecule has 1 aliphatic carbocycles. The molecular weight excluding hydrogens is 455 g/mol. The van der Waals surface area contributed by atoms with Crippen LogP contribution in [0.2, 0.25) is 0 Å². The minimum absolute atomic E-state index is 0.0691. The van der Waals surface area contributed by atoms with E-state index in [-0.39, 0.29) is 29.7 Å². The largest absolute Gasteiger partial charge is 0.492 e. The second-order valence-electron chi connectivity index (χ2n) is 8.50. The van der Waals surface area contributed by atoms with E-state index >= 15 is 0 Å². The maximum absolute atomic E-state index is 14.9. The van der Waals surface area contributed by atoms with Gasteiger partial charge in [-0.3, -0.25) is 4.79 Å². The Bertz CT molecular complexity index is 1290. The molecule has 0 saturated heterocycles. The zero-order chi connectivity index (χ0) is 24.5. The van der Waals surface area contributed by atoms with Gasteiger partial charge in [-0.2, -0.15) is 0 Å². The van der Waals surface area contributed by atoms with E-state index in [4.69, 9.17) is 24.1 Å². The van der Waals surface area contributed by atoms with Crippen LogP contribution in [-0.2, 0) is 16.0 Å². The van der Waals surface area contributed by atoms with Crippen LogP contribution in [0.15, 0.2) is 54.6 Å². The van der Waals surface area contributed by atoms with E-state index in [1.165, 1.54) is 25.3 Å². The molecule has 180 valence electrons. The lowest BCUT2D eigenvalue weighted by Gasteiger charge is -2.17. The van der Waals surface area contributed by atoms with Gasteiger partial charge in [0, 0.05) is 28.7 Å². The molecule has 0 aromatic heterocycles. The van der Waals surface area contributed by atoms with Crippen molar-refractivity contribution in [1.82, 2.24) is 0 Å². The molecule has 1 N–H and O–H groups in total. The zero-order valence-corrected chi connectivity index (χ0v) is 19.0. The molecule has 35 heavy (non-hydrogen) atoms. The highest BCUT2D eigenvalue weighted by atomic mass is 19.1. The quantitative estimate of drug-likeness (QED) is 0.453. The summed E-state index contributed by atoms with van der Waals surface area (Å²) in [6.45, 7) is 0.392. The first-order valence-electron chi connectivity index (χ1n) is 11.3. The second-order valence-corrected chi connectivity index (χ2v) is 8.50. The van der Waals surface area contributed by atoms with Crippen LogP contribution >= 0.6 is 0 Å². The number of hydrogen-bond donors (Lipinski definition) is 1. The van der Waals surface area contributed by atoms with Crippen LogP contribution in [0.5, 0.6) is 23.0 Å². The predicted octanol–water partition coefficient (Wildman–Crippen LogP) is 5.42. The number of ether oxygens (including phenoxy) is 4. The van der Waals surface area contributed by atoms with Crippen LogP contribution in [0, 0.1) is 5.82 Å². The van der Waals surface area contributed by atoms with Crippen molar-refractivity contribution in [3.05, 3.63) is 82.7 Å². The molecule has 3 aromatic carbocycles. The Kier molecular flexibility index (Phi) is 6.03. The molecule has 8 heteroatoms. The fourth-order valence-electron chi connectivity index (χ4n) is 4.60. The molecule has 3 aromatic rings. The highest BCUT2D eigenvalue weighted by Crippen LogP contribution is 2.44. The smallest absolute Gasteiger partial charge is 0.335 e. The number of aromatic carboxylic acids is 1. The van der Waals surface area contributed by atoms with Gasteiger partial charge in [-0.25, -0.2) is 9.18 Å². The van der Waals surface area contributed by atoms with E-state index in [0.717, 1.165) is 11.1 Å². The number of carbonyl (C=O) groups excluding carboxylic acids is 1. The van der Waals surface area contributed by atoms with Gasteiger partial charge in [-0.1, -0.05) is 6.07 Å². The van der Waals surface area contributed by atoms with Gasteiger partial charge in [0.1, 0.15) is 34.9 Å². The Morgan fingerprint density at radius 1 is 1.09 bits per heavy atom. The normalized spacial score (nSPS) is 17.8. The van der Waals surface area contributed by atoms with E-state index in [1.807, 2.05) is 6.07 Å². The van der Waals surface area contributed by atoms with E-state index in [2.05, 4.69) is 0 Å². The Balaban J connectivity index is 1.34. The van der Waals surface area contributed by atoms with Crippen molar-refractivity contribution in [2.75, 3.05) is 13.7 Å². The Labute approximate surface area is 201 Å². The average molecular weight is 478 g/mol. The molecule has 2 aliphatic rings. The third kappa shape index (κ3) is 4.51. The summed E-state index contributed by atoms with van der Waals surface area (Å²) in [7, 11) is 1.36. The summed E-state index contributed by atoms with van der Waals surface area (Å²) < 4.78 is 37.5. The molecule has 7 nitrogen and oxygen atoms in total. The number of hydrogen-bond acceptors (Lipinski definition) is 6.